The molecule has 104 valence electrons. The Kier molecular flexibility index (Phi) is 3.82. The maximum Gasteiger partial charge on any atom is 0.0840 e. The maximum absolute atomic E-state index is 6.03. The Hall–Kier alpha value is -0.970. The molecule has 3 rings (SSSR count). The van der Waals surface area contributed by atoms with Gasteiger partial charge in [-0.1, -0.05) is 6.07 Å². The van der Waals surface area contributed by atoms with Crippen molar-refractivity contribution in [2.24, 2.45) is 0 Å². The van der Waals surface area contributed by atoms with Gasteiger partial charge in [-0.2, -0.15) is 0 Å². The van der Waals surface area contributed by atoms with E-state index in [0.717, 1.165) is 44.5 Å². The van der Waals surface area contributed by atoms with Crippen LogP contribution in [0.15, 0.2) is 18.5 Å². The number of pyridine rings is 1. The third-order valence-electron chi connectivity index (χ3n) is 4.11. The number of aryl methyl sites for hydroxylation is 1. The molecule has 4 nitrogen and oxygen atoms in total. The highest BCUT2D eigenvalue weighted by atomic mass is 16.6. The highest BCUT2D eigenvalue weighted by molar-refractivity contribution is 5.15. The van der Waals surface area contributed by atoms with E-state index in [9.17, 15) is 0 Å². The first kappa shape index (κ1) is 13.0. The largest absolute Gasteiger partial charge is 0.372 e. The number of aromatic nitrogens is 1. The van der Waals surface area contributed by atoms with Gasteiger partial charge in [-0.3, -0.25) is 4.98 Å². The van der Waals surface area contributed by atoms with Crippen LogP contribution in [0.1, 0.15) is 30.4 Å². The Morgan fingerprint density at radius 1 is 1.42 bits per heavy atom. The lowest BCUT2D eigenvalue weighted by Crippen LogP contribution is -2.41. The zero-order chi connectivity index (χ0) is 13.1. The standard InChI is InChI=1S/C15H22N2O2/c1-12-6-13(9-17-8-12)10-18-14-7-15(19-11-14)2-4-16-5-3-15/h6,8-9,14,16H,2-5,7,10-11H2,1H3. The van der Waals surface area contributed by atoms with Crippen molar-refractivity contribution in [2.75, 3.05) is 19.7 Å². The van der Waals surface area contributed by atoms with E-state index in [0.29, 0.717) is 6.61 Å². The van der Waals surface area contributed by atoms with Gasteiger partial charge in [0.2, 0.25) is 0 Å². The second-order valence-corrected chi connectivity index (χ2v) is 5.75. The zero-order valence-corrected chi connectivity index (χ0v) is 11.5. The lowest BCUT2D eigenvalue weighted by molar-refractivity contribution is -0.0241. The van der Waals surface area contributed by atoms with Crippen LogP contribution in [0.4, 0.5) is 0 Å². The third-order valence-corrected chi connectivity index (χ3v) is 4.11. The molecule has 1 aromatic rings. The van der Waals surface area contributed by atoms with Crippen molar-refractivity contribution in [2.45, 2.75) is 44.5 Å². The molecule has 19 heavy (non-hydrogen) atoms. The van der Waals surface area contributed by atoms with E-state index >= 15 is 0 Å². The second kappa shape index (κ2) is 5.57. The van der Waals surface area contributed by atoms with Crippen molar-refractivity contribution in [3.05, 3.63) is 29.6 Å². The van der Waals surface area contributed by atoms with E-state index in [2.05, 4.69) is 23.3 Å². The van der Waals surface area contributed by atoms with Crippen molar-refractivity contribution in [1.82, 2.24) is 10.3 Å². The molecule has 1 aromatic heterocycles. The minimum atomic E-state index is 0.0841. The van der Waals surface area contributed by atoms with Gasteiger partial charge >= 0.3 is 0 Å². The van der Waals surface area contributed by atoms with Gasteiger partial charge in [0, 0.05) is 18.8 Å². The summed E-state index contributed by atoms with van der Waals surface area (Å²) in [6.07, 6.45) is 7.24. The van der Waals surface area contributed by atoms with Gasteiger partial charge in [-0.15, -0.1) is 0 Å². The molecular weight excluding hydrogens is 240 g/mol. The van der Waals surface area contributed by atoms with Crippen LogP contribution >= 0.6 is 0 Å². The van der Waals surface area contributed by atoms with Gasteiger partial charge in [0.15, 0.2) is 0 Å². The first-order chi connectivity index (χ1) is 9.26. The van der Waals surface area contributed by atoms with Crippen LogP contribution in [0.25, 0.3) is 0 Å². The Bertz CT molecular complexity index is 430. The molecule has 1 unspecified atom stereocenters. The van der Waals surface area contributed by atoms with Crippen LogP contribution in [0.3, 0.4) is 0 Å². The highest BCUT2D eigenvalue weighted by Crippen LogP contribution is 2.35. The Labute approximate surface area is 114 Å². The van der Waals surface area contributed by atoms with E-state index in [-0.39, 0.29) is 11.7 Å². The predicted molar refractivity (Wildman–Crippen MR) is 73.0 cm³/mol. The lowest BCUT2D eigenvalue weighted by atomic mass is 9.89. The average Bonchev–Trinajstić information content (AvgIpc) is 2.80. The first-order valence-electron chi connectivity index (χ1n) is 7.13. The smallest absolute Gasteiger partial charge is 0.0840 e. The SMILES string of the molecule is Cc1cncc(COC2COC3(CCNCC3)C2)c1. The molecular formula is C15H22N2O2. The summed E-state index contributed by atoms with van der Waals surface area (Å²) in [5.74, 6) is 0. The van der Waals surface area contributed by atoms with Crippen LogP contribution in [-0.4, -0.2) is 36.4 Å². The van der Waals surface area contributed by atoms with Gasteiger partial charge in [0.1, 0.15) is 0 Å². The quantitative estimate of drug-likeness (QED) is 0.902. The Morgan fingerprint density at radius 2 is 2.26 bits per heavy atom. The molecule has 1 atom stereocenters. The van der Waals surface area contributed by atoms with E-state index in [1.165, 1.54) is 5.56 Å². The van der Waals surface area contributed by atoms with Gasteiger partial charge in [-0.05, 0) is 44.0 Å². The fourth-order valence-corrected chi connectivity index (χ4v) is 3.05. The molecule has 2 aliphatic rings. The summed E-state index contributed by atoms with van der Waals surface area (Å²) < 4.78 is 12.0. The summed E-state index contributed by atoms with van der Waals surface area (Å²) >= 11 is 0. The summed E-state index contributed by atoms with van der Waals surface area (Å²) in [5, 5.41) is 3.39. The van der Waals surface area contributed by atoms with E-state index < -0.39 is 0 Å². The third kappa shape index (κ3) is 3.14. The number of nitrogens with zero attached hydrogens (tertiary/aromatic N) is 1. The number of hydrogen-bond donors (Lipinski definition) is 1. The Balaban J connectivity index is 1.52. The predicted octanol–water partition coefficient (Wildman–Crippen LogP) is 1.82. The molecule has 2 fully saturated rings. The van der Waals surface area contributed by atoms with Crippen LogP contribution in [0.2, 0.25) is 0 Å². The lowest BCUT2D eigenvalue weighted by Gasteiger charge is -2.32. The summed E-state index contributed by atoms with van der Waals surface area (Å²) in [6, 6.07) is 2.13. The van der Waals surface area contributed by atoms with Crippen molar-refractivity contribution >= 4 is 0 Å². The fourth-order valence-electron chi connectivity index (χ4n) is 3.05. The molecule has 0 aliphatic carbocycles. The molecule has 0 amide bonds. The van der Waals surface area contributed by atoms with Gasteiger partial charge < -0.3 is 14.8 Å². The van der Waals surface area contributed by atoms with E-state index in [1.54, 1.807) is 0 Å². The minimum Gasteiger partial charge on any atom is -0.372 e. The number of ether oxygens (including phenoxy) is 2. The molecule has 2 saturated heterocycles. The van der Waals surface area contributed by atoms with Crippen molar-refractivity contribution in [3.63, 3.8) is 0 Å². The van der Waals surface area contributed by atoms with Crippen LogP contribution in [0.5, 0.6) is 0 Å². The average molecular weight is 262 g/mol. The molecule has 0 radical (unpaired) electrons. The minimum absolute atomic E-state index is 0.0841. The molecule has 1 N–H and O–H groups in total. The number of rotatable bonds is 3. The second-order valence-electron chi connectivity index (χ2n) is 5.75. The van der Waals surface area contributed by atoms with E-state index in [1.807, 2.05) is 12.4 Å². The molecule has 4 heteroatoms. The molecule has 0 saturated carbocycles. The summed E-state index contributed by atoms with van der Waals surface area (Å²) in [5.41, 5.74) is 2.41. The number of hydrogen-bond acceptors (Lipinski definition) is 4. The summed E-state index contributed by atoms with van der Waals surface area (Å²) in [7, 11) is 0. The molecule has 2 aliphatic heterocycles. The molecule has 0 bridgehead atoms. The van der Waals surface area contributed by atoms with Crippen molar-refractivity contribution in [3.8, 4) is 0 Å². The summed E-state index contributed by atoms with van der Waals surface area (Å²) in [6.45, 7) is 5.55. The summed E-state index contributed by atoms with van der Waals surface area (Å²) in [4.78, 5) is 4.19. The van der Waals surface area contributed by atoms with Crippen molar-refractivity contribution < 1.29 is 9.47 Å². The molecule has 1 spiro atoms. The fraction of sp³-hybridized carbons (Fsp3) is 0.667. The zero-order valence-electron chi connectivity index (χ0n) is 11.5. The number of nitrogens with one attached hydrogen (secondary N) is 1. The molecule has 0 aromatic carbocycles. The number of piperidine rings is 1. The van der Waals surface area contributed by atoms with Gasteiger partial charge in [0.25, 0.3) is 0 Å². The topological polar surface area (TPSA) is 43.4 Å². The Morgan fingerprint density at radius 3 is 3.05 bits per heavy atom. The van der Waals surface area contributed by atoms with Crippen LogP contribution in [-0.2, 0) is 16.1 Å². The van der Waals surface area contributed by atoms with Crippen LogP contribution in [0, 0.1) is 6.92 Å². The highest BCUT2D eigenvalue weighted by Gasteiger charge is 2.41. The van der Waals surface area contributed by atoms with Crippen molar-refractivity contribution in [1.29, 1.82) is 0 Å². The monoisotopic (exact) mass is 262 g/mol. The first-order valence-corrected chi connectivity index (χ1v) is 7.13. The van der Waals surface area contributed by atoms with Gasteiger partial charge in [0.05, 0.1) is 24.9 Å². The van der Waals surface area contributed by atoms with E-state index in [4.69, 9.17) is 9.47 Å². The molecule has 3 heterocycles. The van der Waals surface area contributed by atoms with Gasteiger partial charge in [-0.25, -0.2) is 0 Å². The normalized spacial score (nSPS) is 25.8. The van der Waals surface area contributed by atoms with Crippen LogP contribution < -0.4 is 5.32 Å². The maximum atomic E-state index is 6.03.